The van der Waals surface area contributed by atoms with Gasteiger partial charge in [-0.1, -0.05) is 30.3 Å². The summed E-state index contributed by atoms with van der Waals surface area (Å²) in [5.41, 5.74) is 5.74. The molecule has 0 saturated carbocycles. The summed E-state index contributed by atoms with van der Waals surface area (Å²) in [6, 6.07) is 26.1. The summed E-state index contributed by atoms with van der Waals surface area (Å²) in [7, 11) is 0. The Balaban J connectivity index is 0.000000158. The molecule has 0 atom stereocenters. The number of halogens is 3. The summed E-state index contributed by atoms with van der Waals surface area (Å²) in [5, 5.41) is 18.0. The van der Waals surface area contributed by atoms with Crippen molar-refractivity contribution in [3.8, 4) is 33.8 Å². The van der Waals surface area contributed by atoms with Crippen LogP contribution in [-0.4, -0.2) is 73.2 Å². The first-order valence-corrected chi connectivity index (χ1v) is 19.6. The van der Waals surface area contributed by atoms with Crippen molar-refractivity contribution in [2.75, 3.05) is 53.9 Å². The quantitative estimate of drug-likeness (QED) is 0.129. The molecule has 62 heavy (non-hydrogen) atoms. The number of amides is 1. The van der Waals surface area contributed by atoms with Gasteiger partial charge in [-0.25, -0.2) is 24.0 Å². The highest BCUT2D eigenvalue weighted by Gasteiger charge is 2.30. The topological polar surface area (TPSA) is 157 Å². The minimum absolute atomic E-state index is 0.111. The van der Waals surface area contributed by atoms with Gasteiger partial charge >= 0.3 is 6.18 Å². The number of aromatic nitrogens is 7. The number of carbonyl (C=O) groups is 1. The average molecular weight is 842 g/mol. The van der Waals surface area contributed by atoms with Crippen LogP contribution in [0.15, 0.2) is 122 Å². The number of alkyl halides is 3. The summed E-state index contributed by atoms with van der Waals surface area (Å²) in [5.74, 6) is 3.57. The van der Waals surface area contributed by atoms with E-state index in [1.165, 1.54) is 23.7 Å². The molecule has 0 radical (unpaired) electrons. The molecule has 1 saturated heterocycles. The van der Waals surface area contributed by atoms with E-state index in [0.717, 1.165) is 82.1 Å². The van der Waals surface area contributed by atoms with Gasteiger partial charge < -0.3 is 35.1 Å². The monoisotopic (exact) mass is 841 g/mol. The molecule has 2 aliphatic rings. The van der Waals surface area contributed by atoms with Gasteiger partial charge in [0.05, 0.1) is 43.1 Å². The van der Waals surface area contributed by atoms with Crippen molar-refractivity contribution in [2.45, 2.75) is 19.6 Å². The predicted molar refractivity (Wildman–Crippen MR) is 227 cm³/mol. The number of nitrogens with one attached hydrogen (secondary N) is 3. The van der Waals surface area contributed by atoms with Crippen LogP contribution >= 0.6 is 0 Å². The fourth-order valence-electron chi connectivity index (χ4n) is 6.97. The van der Waals surface area contributed by atoms with Crippen molar-refractivity contribution in [1.29, 1.82) is 0 Å². The summed E-state index contributed by atoms with van der Waals surface area (Å²) in [4.78, 5) is 27.3. The zero-order valence-corrected chi connectivity index (χ0v) is 33.1. The van der Waals surface area contributed by atoms with Crippen LogP contribution in [-0.2, 0) is 22.3 Å². The Morgan fingerprint density at radius 3 is 2.15 bits per heavy atom. The number of pyridine rings is 1. The number of carbonyl (C=O) groups excluding carboxylic acids is 1. The van der Waals surface area contributed by atoms with Crippen molar-refractivity contribution in [3.63, 3.8) is 0 Å². The summed E-state index contributed by atoms with van der Waals surface area (Å²) in [6.07, 6.45) is 4.17. The van der Waals surface area contributed by atoms with Gasteiger partial charge in [0.15, 0.2) is 22.8 Å². The van der Waals surface area contributed by atoms with Crippen LogP contribution in [0.2, 0.25) is 0 Å². The van der Waals surface area contributed by atoms with Crippen LogP contribution in [0.3, 0.4) is 0 Å². The van der Waals surface area contributed by atoms with E-state index in [1.807, 2.05) is 66.9 Å². The Morgan fingerprint density at radius 2 is 1.44 bits per heavy atom. The summed E-state index contributed by atoms with van der Waals surface area (Å²) < 4.78 is 58.8. The van der Waals surface area contributed by atoms with Crippen LogP contribution < -0.4 is 30.3 Å². The van der Waals surface area contributed by atoms with E-state index in [2.05, 4.69) is 41.0 Å². The normalized spacial score (nSPS) is 13.5. The Bertz CT molecular complexity index is 2880. The van der Waals surface area contributed by atoms with Gasteiger partial charge in [-0.2, -0.15) is 23.4 Å². The molecule has 5 aromatic heterocycles. The molecule has 1 amide bonds. The number of hydrogen-bond acceptors (Lipinski definition) is 12. The molecule has 1 fully saturated rings. The maximum atomic E-state index is 13.1. The van der Waals surface area contributed by atoms with Crippen LogP contribution in [0.1, 0.15) is 18.1 Å². The fourth-order valence-corrected chi connectivity index (χ4v) is 6.97. The maximum Gasteiger partial charge on any atom is 0.416 e. The molecule has 3 aromatic carbocycles. The number of ether oxygens (including phenoxy) is 3. The zero-order valence-electron chi connectivity index (χ0n) is 33.1. The van der Waals surface area contributed by atoms with Crippen molar-refractivity contribution < 1.29 is 32.2 Å². The van der Waals surface area contributed by atoms with E-state index in [0.29, 0.717) is 42.4 Å². The zero-order chi connectivity index (χ0) is 42.6. The Hall–Kier alpha value is -7.73. The van der Waals surface area contributed by atoms with Gasteiger partial charge in [-0.3, -0.25) is 4.79 Å². The summed E-state index contributed by atoms with van der Waals surface area (Å²) >= 11 is 0. The first-order chi connectivity index (χ1) is 30.1. The third-order valence-electron chi connectivity index (χ3n) is 10.00. The van der Waals surface area contributed by atoms with Crippen molar-refractivity contribution in [2.24, 2.45) is 0 Å². The number of morpholine rings is 1. The second-order valence-electron chi connectivity index (χ2n) is 14.3. The molecule has 18 heteroatoms. The van der Waals surface area contributed by atoms with Crippen molar-refractivity contribution >= 4 is 46.0 Å². The maximum absolute atomic E-state index is 13.1. The molecule has 0 aliphatic carbocycles. The van der Waals surface area contributed by atoms with Gasteiger partial charge in [0.25, 0.3) is 0 Å². The molecule has 0 spiro atoms. The van der Waals surface area contributed by atoms with E-state index in [1.54, 1.807) is 35.2 Å². The second kappa shape index (κ2) is 17.1. The third-order valence-corrected chi connectivity index (χ3v) is 10.00. The van der Waals surface area contributed by atoms with E-state index in [4.69, 9.17) is 19.2 Å². The lowest BCUT2D eigenvalue weighted by molar-refractivity contribution is -0.137. The highest BCUT2D eigenvalue weighted by Crippen LogP contribution is 2.35. The van der Waals surface area contributed by atoms with Crippen molar-refractivity contribution in [1.82, 2.24) is 34.2 Å². The lowest BCUT2D eigenvalue weighted by Gasteiger charge is -2.27. The van der Waals surface area contributed by atoms with E-state index in [-0.39, 0.29) is 12.7 Å². The number of nitrogens with zero attached hydrogens (tertiary/aromatic N) is 8. The predicted octanol–water partition coefficient (Wildman–Crippen LogP) is 8.09. The molecule has 15 nitrogen and oxygen atoms in total. The second-order valence-corrected chi connectivity index (χ2v) is 14.3. The Kier molecular flexibility index (Phi) is 11.0. The van der Waals surface area contributed by atoms with Gasteiger partial charge in [-0.15, -0.1) is 0 Å². The first-order valence-electron chi connectivity index (χ1n) is 19.6. The van der Waals surface area contributed by atoms with Gasteiger partial charge in [0.2, 0.25) is 12.7 Å². The Morgan fingerprint density at radius 1 is 0.742 bits per heavy atom. The fraction of sp³-hybridized carbons (Fsp3) is 0.182. The van der Waals surface area contributed by atoms with E-state index < -0.39 is 11.7 Å². The molecule has 0 bridgehead atoms. The minimum Gasteiger partial charge on any atom is -0.454 e. The van der Waals surface area contributed by atoms with Gasteiger partial charge in [0, 0.05) is 55.8 Å². The molecule has 7 heterocycles. The van der Waals surface area contributed by atoms with Crippen molar-refractivity contribution in [3.05, 3.63) is 133 Å². The average Bonchev–Trinajstić information content (AvgIpc) is 4.05. The highest BCUT2D eigenvalue weighted by molar-refractivity contribution is 5.90. The lowest BCUT2D eigenvalue weighted by Crippen LogP contribution is -2.36. The number of rotatable bonds is 9. The SMILES string of the molecule is CC(=O)Nc1cccc(-c2cnn3ccc(NCc4ccc5c(c4)OCO5)nc23)c1.FC(F)(F)c1cccc(-c2cnn3ccc(Nc4ccc(N5CCOCC5)nc4)nc23)c1. The summed E-state index contributed by atoms with van der Waals surface area (Å²) in [6.45, 7) is 5.33. The standard InChI is InChI=1S/C22H19F3N6O.C22H19N5O3/c23-22(24,25)16-3-1-2-15(12-16)18-14-27-31-7-6-19(29-21(18)31)28-17-4-5-20(26-13-17)30-8-10-32-11-9-30;1-14(28)25-17-4-2-3-16(10-17)18-12-24-27-8-7-21(26-22(18)27)23-11-15-5-6-19-20(9-15)30-13-29-19/h1-7,12-14H,8-11H2,(H,28,29);2-10,12H,11,13H2,1H3,(H,23,26)(H,25,28). The molecule has 10 rings (SSSR count). The number of benzene rings is 3. The van der Waals surface area contributed by atoms with Gasteiger partial charge in [-0.05, 0) is 77.4 Å². The molecule has 8 aromatic rings. The van der Waals surface area contributed by atoms with E-state index >= 15 is 0 Å². The van der Waals surface area contributed by atoms with Crippen LogP contribution in [0.5, 0.6) is 11.5 Å². The molecular weight excluding hydrogens is 804 g/mol. The first kappa shape index (κ1) is 39.7. The van der Waals surface area contributed by atoms with Gasteiger partial charge in [0.1, 0.15) is 17.5 Å². The largest absolute Gasteiger partial charge is 0.454 e. The Labute approximate surface area is 352 Å². The molecule has 2 aliphatic heterocycles. The number of anilines is 5. The molecule has 314 valence electrons. The highest BCUT2D eigenvalue weighted by atomic mass is 19.4. The third kappa shape index (κ3) is 8.90. The lowest BCUT2D eigenvalue weighted by atomic mass is 10.1. The minimum atomic E-state index is -4.42. The molecular formula is C44H38F3N11O4. The van der Waals surface area contributed by atoms with Crippen LogP contribution in [0.25, 0.3) is 33.5 Å². The number of fused-ring (bicyclic) bond motifs is 3. The smallest absolute Gasteiger partial charge is 0.416 e. The molecule has 0 unspecified atom stereocenters. The number of hydrogen-bond donors (Lipinski definition) is 3. The molecule has 3 N–H and O–H groups in total. The van der Waals surface area contributed by atoms with Crippen LogP contribution in [0.4, 0.5) is 42.0 Å². The van der Waals surface area contributed by atoms with Crippen LogP contribution in [0, 0.1) is 0 Å². The van der Waals surface area contributed by atoms with E-state index in [9.17, 15) is 18.0 Å².